The Balaban J connectivity index is 1.83. The van der Waals surface area contributed by atoms with Crippen molar-refractivity contribution in [3.05, 3.63) is 59.4 Å². The molecule has 1 atom stereocenters. The van der Waals surface area contributed by atoms with Crippen LogP contribution in [0.4, 0.5) is 4.39 Å². The van der Waals surface area contributed by atoms with Crippen LogP contribution in [0.5, 0.6) is 11.5 Å². The number of hydrogen-bond donors (Lipinski definition) is 1. The number of carbonyl (C=O) groups is 1. The summed E-state index contributed by atoms with van der Waals surface area (Å²) in [6.45, 7) is 4.42. The van der Waals surface area contributed by atoms with Crippen molar-refractivity contribution in [2.75, 3.05) is 20.8 Å². The fourth-order valence-electron chi connectivity index (χ4n) is 2.97. The summed E-state index contributed by atoms with van der Waals surface area (Å²) in [5.41, 5.74) is 2.01. The van der Waals surface area contributed by atoms with Gasteiger partial charge in [0.1, 0.15) is 11.9 Å². The van der Waals surface area contributed by atoms with Gasteiger partial charge in [-0.15, -0.1) is 0 Å². The number of nitrogens with one attached hydrogen (secondary N) is 1. The van der Waals surface area contributed by atoms with Crippen LogP contribution in [-0.4, -0.2) is 38.9 Å². The minimum atomic E-state index is -0.545. The number of benzene rings is 2. The molecule has 2 aromatic rings. The van der Waals surface area contributed by atoms with Gasteiger partial charge in [0.15, 0.2) is 11.5 Å². The van der Waals surface area contributed by atoms with Gasteiger partial charge in [0.25, 0.3) is 0 Å². The molecule has 158 valence electrons. The molecule has 0 aliphatic heterocycles. The van der Waals surface area contributed by atoms with E-state index in [9.17, 15) is 9.18 Å². The molecule has 0 spiro atoms. The molecule has 1 unspecified atom stereocenters. The molecule has 0 bridgehead atoms. The maximum atomic E-state index is 13.0. The van der Waals surface area contributed by atoms with Crippen molar-refractivity contribution in [2.45, 2.75) is 45.3 Å². The number of halogens is 1. The van der Waals surface area contributed by atoms with Crippen molar-refractivity contribution < 1.29 is 23.4 Å². The molecule has 6 heteroatoms. The lowest BCUT2D eigenvalue weighted by Crippen LogP contribution is -2.37. The normalized spacial score (nSPS) is 11.9. The molecule has 2 rings (SSSR count). The number of ether oxygens (including phenoxy) is 3. The van der Waals surface area contributed by atoms with Gasteiger partial charge in [0.05, 0.1) is 13.2 Å². The maximum absolute atomic E-state index is 13.0. The Morgan fingerprint density at radius 3 is 2.31 bits per heavy atom. The zero-order valence-corrected chi connectivity index (χ0v) is 17.5. The number of aryl methyl sites for hydroxylation is 1. The van der Waals surface area contributed by atoms with E-state index in [0.717, 1.165) is 11.1 Å². The monoisotopic (exact) mass is 403 g/mol. The predicted molar refractivity (Wildman–Crippen MR) is 111 cm³/mol. The number of carbonyl (C=O) groups excluding carboxylic acids is 1. The highest BCUT2D eigenvalue weighted by Gasteiger charge is 2.17. The van der Waals surface area contributed by atoms with E-state index in [0.29, 0.717) is 37.3 Å². The Labute approximate surface area is 172 Å². The van der Waals surface area contributed by atoms with E-state index in [1.165, 1.54) is 19.2 Å². The van der Waals surface area contributed by atoms with Gasteiger partial charge in [-0.05, 0) is 68.5 Å². The van der Waals surface area contributed by atoms with Gasteiger partial charge in [0.2, 0.25) is 5.91 Å². The maximum Gasteiger partial charge on any atom is 0.249 e. The Bertz CT molecular complexity index is 777. The van der Waals surface area contributed by atoms with Crippen molar-refractivity contribution in [3.63, 3.8) is 0 Å². The average molecular weight is 403 g/mol. The number of hydrogen-bond acceptors (Lipinski definition) is 4. The number of rotatable bonds is 11. The quantitative estimate of drug-likeness (QED) is 0.618. The van der Waals surface area contributed by atoms with Gasteiger partial charge in [-0.3, -0.25) is 4.79 Å². The number of methoxy groups -OCH3 is 2. The summed E-state index contributed by atoms with van der Waals surface area (Å²) in [5, 5.41) is 2.92. The van der Waals surface area contributed by atoms with E-state index in [-0.39, 0.29) is 17.8 Å². The first-order valence-electron chi connectivity index (χ1n) is 9.81. The first kappa shape index (κ1) is 22.7. The summed E-state index contributed by atoms with van der Waals surface area (Å²) in [4.78, 5) is 12.4. The summed E-state index contributed by atoms with van der Waals surface area (Å²) in [5.74, 6) is 0.962. The highest BCUT2D eigenvalue weighted by atomic mass is 19.1. The van der Waals surface area contributed by atoms with Crippen LogP contribution in [0.1, 0.15) is 31.4 Å². The van der Waals surface area contributed by atoms with Crippen molar-refractivity contribution >= 4 is 5.91 Å². The van der Waals surface area contributed by atoms with Gasteiger partial charge >= 0.3 is 0 Å². The molecule has 0 aliphatic carbocycles. The highest BCUT2D eigenvalue weighted by molar-refractivity contribution is 5.80. The second-order valence-corrected chi connectivity index (χ2v) is 7.08. The van der Waals surface area contributed by atoms with Crippen LogP contribution in [0.3, 0.4) is 0 Å². The van der Waals surface area contributed by atoms with Crippen molar-refractivity contribution in [2.24, 2.45) is 0 Å². The minimum Gasteiger partial charge on any atom is -0.493 e. The van der Waals surface area contributed by atoms with Gasteiger partial charge in [-0.25, -0.2) is 4.39 Å². The molecule has 0 aromatic heterocycles. The topological polar surface area (TPSA) is 56.8 Å². The zero-order valence-electron chi connectivity index (χ0n) is 17.5. The lowest BCUT2D eigenvalue weighted by atomic mass is 10.1. The third-order valence-corrected chi connectivity index (χ3v) is 4.49. The van der Waals surface area contributed by atoms with Crippen LogP contribution in [0.25, 0.3) is 0 Å². The van der Waals surface area contributed by atoms with Crippen LogP contribution >= 0.6 is 0 Å². The van der Waals surface area contributed by atoms with Crippen LogP contribution in [0.2, 0.25) is 0 Å². The fraction of sp³-hybridized carbons (Fsp3) is 0.435. The van der Waals surface area contributed by atoms with E-state index < -0.39 is 6.10 Å². The molecule has 0 saturated heterocycles. The molecule has 5 nitrogen and oxygen atoms in total. The standard InChI is InChI=1S/C23H30FNO4/c1-16(2)29-20-11-8-18(15-22(20)28-4)13-14-25-23(26)21(27-3)12-7-17-5-9-19(24)10-6-17/h5-6,8-11,15-16,21H,7,12-14H2,1-4H3,(H,25,26). The highest BCUT2D eigenvalue weighted by Crippen LogP contribution is 2.29. The van der Waals surface area contributed by atoms with Gasteiger partial charge in [0, 0.05) is 13.7 Å². The summed E-state index contributed by atoms with van der Waals surface area (Å²) in [6.07, 6.45) is 1.36. The molecular weight excluding hydrogens is 373 g/mol. The molecule has 2 aromatic carbocycles. The second kappa shape index (κ2) is 11.4. The summed E-state index contributed by atoms with van der Waals surface area (Å²) in [7, 11) is 3.13. The Morgan fingerprint density at radius 1 is 1.00 bits per heavy atom. The second-order valence-electron chi connectivity index (χ2n) is 7.08. The molecule has 0 aliphatic rings. The van der Waals surface area contributed by atoms with Crippen LogP contribution in [0, 0.1) is 5.82 Å². The lowest BCUT2D eigenvalue weighted by Gasteiger charge is -2.16. The number of amides is 1. The lowest BCUT2D eigenvalue weighted by molar-refractivity contribution is -0.131. The summed E-state index contributed by atoms with van der Waals surface area (Å²) < 4.78 is 29.4. The smallest absolute Gasteiger partial charge is 0.249 e. The molecule has 0 heterocycles. The van der Waals surface area contributed by atoms with E-state index in [1.807, 2.05) is 32.0 Å². The van der Waals surface area contributed by atoms with Crippen LogP contribution < -0.4 is 14.8 Å². The minimum absolute atomic E-state index is 0.0647. The Hall–Kier alpha value is -2.60. The van der Waals surface area contributed by atoms with E-state index in [2.05, 4.69) is 5.32 Å². The van der Waals surface area contributed by atoms with Gasteiger partial charge in [-0.2, -0.15) is 0 Å². The summed E-state index contributed by atoms with van der Waals surface area (Å²) in [6, 6.07) is 12.1. The Kier molecular flexibility index (Phi) is 8.93. The van der Waals surface area contributed by atoms with Gasteiger partial charge in [-0.1, -0.05) is 18.2 Å². The SMILES string of the molecule is COc1cc(CCNC(=O)C(CCc2ccc(F)cc2)OC)ccc1OC(C)C. The van der Waals surface area contributed by atoms with E-state index >= 15 is 0 Å². The van der Waals surface area contributed by atoms with Crippen molar-refractivity contribution in [3.8, 4) is 11.5 Å². The molecule has 1 amide bonds. The average Bonchev–Trinajstić information content (AvgIpc) is 2.70. The fourth-order valence-corrected chi connectivity index (χ4v) is 2.97. The molecule has 0 saturated carbocycles. The molecular formula is C23H30FNO4. The predicted octanol–water partition coefficient (Wildman–Crippen LogP) is 3.93. The first-order valence-corrected chi connectivity index (χ1v) is 9.81. The Morgan fingerprint density at radius 2 is 1.69 bits per heavy atom. The van der Waals surface area contributed by atoms with Crippen molar-refractivity contribution in [1.29, 1.82) is 0 Å². The largest absolute Gasteiger partial charge is 0.493 e. The summed E-state index contributed by atoms with van der Waals surface area (Å²) >= 11 is 0. The van der Waals surface area contributed by atoms with Crippen molar-refractivity contribution in [1.82, 2.24) is 5.32 Å². The van der Waals surface area contributed by atoms with Crippen LogP contribution in [0.15, 0.2) is 42.5 Å². The van der Waals surface area contributed by atoms with E-state index in [1.54, 1.807) is 19.2 Å². The van der Waals surface area contributed by atoms with E-state index in [4.69, 9.17) is 14.2 Å². The molecule has 0 radical (unpaired) electrons. The molecule has 29 heavy (non-hydrogen) atoms. The zero-order chi connectivity index (χ0) is 21.2. The first-order chi connectivity index (χ1) is 13.9. The van der Waals surface area contributed by atoms with Gasteiger partial charge < -0.3 is 19.5 Å². The third kappa shape index (κ3) is 7.38. The molecule has 1 N–H and O–H groups in total. The molecule has 0 fully saturated rings. The third-order valence-electron chi connectivity index (χ3n) is 4.49. The van der Waals surface area contributed by atoms with Crippen LogP contribution in [-0.2, 0) is 22.4 Å².